The number of rotatable bonds is 6. The molecule has 0 aliphatic rings. The van der Waals surface area contributed by atoms with Gasteiger partial charge in [-0.2, -0.15) is 22.0 Å². The molecule has 26 heavy (non-hydrogen) atoms. The number of para-hydroxylation sites is 2. The van der Waals surface area contributed by atoms with E-state index in [4.69, 9.17) is 0 Å². The molecular weight excluding hydrogens is 355 g/mol. The number of hydrogen-bond donors (Lipinski definition) is 1. The Hall–Kier alpha value is -2.64. The number of aryl methyl sites for hydroxylation is 2. The van der Waals surface area contributed by atoms with Crippen LogP contribution in [-0.4, -0.2) is 28.7 Å². The van der Waals surface area contributed by atoms with Crippen LogP contribution in [0.25, 0.3) is 11.0 Å². The number of alkyl halides is 5. The third-order valence-electron chi connectivity index (χ3n) is 3.85. The van der Waals surface area contributed by atoms with Gasteiger partial charge in [-0.3, -0.25) is 0 Å². The number of H-pyrrole nitrogens is 1. The number of imidazole rings is 1. The lowest BCUT2D eigenvalue weighted by molar-refractivity contribution is -0.290. The number of ether oxygens (including phenoxy) is 1. The van der Waals surface area contributed by atoms with Gasteiger partial charge in [0.15, 0.2) is 6.61 Å². The molecule has 1 heterocycles. The molecule has 0 unspecified atom stereocenters. The maximum absolute atomic E-state index is 12.8. The molecule has 3 aromatic rings. The summed E-state index contributed by atoms with van der Waals surface area (Å²) in [5.74, 6) is -4.11. The summed E-state index contributed by atoms with van der Waals surface area (Å²) in [5.41, 5.74) is 2.70. The average molecular weight is 370 g/mol. The Morgan fingerprint density at radius 1 is 0.885 bits per heavy atom. The standard InChI is InChI=1S/C18H15F5N2O/c19-17(20,18(21,22)23)11-26-13-8-5-12(6-9-13)7-10-16-24-14-3-1-2-4-15(14)25-16/h1-6,8-9H,7,10-11H2,(H,24,25). The Morgan fingerprint density at radius 3 is 2.23 bits per heavy atom. The molecule has 1 N–H and O–H groups in total. The Balaban J connectivity index is 1.56. The van der Waals surface area contributed by atoms with Gasteiger partial charge >= 0.3 is 12.1 Å². The third-order valence-corrected chi connectivity index (χ3v) is 3.85. The number of hydrogen-bond acceptors (Lipinski definition) is 2. The number of halogens is 5. The molecule has 8 heteroatoms. The number of fused-ring (bicyclic) bond motifs is 1. The van der Waals surface area contributed by atoms with Crippen molar-refractivity contribution in [1.82, 2.24) is 9.97 Å². The number of benzene rings is 2. The fraction of sp³-hybridized carbons (Fsp3) is 0.278. The fourth-order valence-corrected chi connectivity index (χ4v) is 2.39. The minimum atomic E-state index is -5.63. The first-order valence-electron chi connectivity index (χ1n) is 7.84. The van der Waals surface area contributed by atoms with Gasteiger partial charge in [0.2, 0.25) is 0 Å². The molecule has 3 rings (SSSR count). The molecule has 0 radical (unpaired) electrons. The Kier molecular flexibility index (Phi) is 4.84. The van der Waals surface area contributed by atoms with Gasteiger partial charge in [-0.15, -0.1) is 0 Å². The summed E-state index contributed by atoms with van der Waals surface area (Å²) in [5, 5.41) is 0. The number of nitrogens with zero attached hydrogens (tertiary/aromatic N) is 1. The topological polar surface area (TPSA) is 37.9 Å². The van der Waals surface area contributed by atoms with Crippen molar-refractivity contribution in [1.29, 1.82) is 0 Å². The second-order valence-electron chi connectivity index (χ2n) is 5.84. The van der Waals surface area contributed by atoms with Gasteiger partial charge in [0.25, 0.3) is 0 Å². The lowest BCUT2D eigenvalue weighted by atomic mass is 10.1. The largest absolute Gasteiger partial charge is 0.487 e. The predicted octanol–water partition coefficient (Wildman–Crippen LogP) is 4.92. The highest BCUT2D eigenvalue weighted by Crippen LogP contribution is 2.35. The molecule has 1 aromatic heterocycles. The van der Waals surface area contributed by atoms with Crippen molar-refractivity contribution in [2.45, 2.75) is 24.9 Å². The van der Waals surface area contributed by atoms with Crippen LogP contribution >= 0.6 is 0 Å². The zero-order valence-electron chi connectivity index (χ0n) is 13.5. The molecule has 0 atom stereocenters. The zero-order valence-corrected chi connectivity index (χ0v) is 13.5. The fourth-order valence-electron chi connectivity index (χ4n) is 2.39. The number of aromatic amines is 1. The molecule has 2 aromatic carbocycles. The van der Waals surface area contributed by atoms with E-state index >= 15 is 0 Å². The van der Waals surface area contributed by atoms with E-state index in [9.17, 15) is 22.0 Å². The van der Waals surface area contributed by atoms with E-state index in [1.165, 1.54) is 12.1 Å². The van der Waals surface area contributed by atoms with Crippen molar-refractivity contribution in [3.05, 3.63) is 59.9 Å². The van der Waals surface area contributed by atoms with Crippen LogP contribution in [0.3, 0.4) is 0 Å². The quantitative estimate of drug-likeness (QED) is 0.625. The van der Waals surface area contributed by atoms with Crippen LogP contribution in [-0.2, 0) is 12.8 Å². The van der Waals surface area contributed by atoms with Crippen molar-refractivity contribution >= 4 is 11.0 Å². The SMILES string of the molecule is FC(F)(F)C(F)(F)COc1ccc(CCc2nc3ccccc3[nH]2)cc1. The molecule has 0 amide bonds. The van der Waals surface area contributed by atoms with E-state index in [0.29, 0.717) is 12.8 Å². The van der Waals surface area contributed by atoms with Crippen LogP contribution in [0, 0.1) is 0 Å². The van der Waals surface area contributed by atoms with Crippen molar-refractivity contribution in [2.24, 2.45) is 0 Å². The van der Waals surface area contributed by atoms with Crippen molar-refractivity contribution in [3.8, 4) is 5.75 Å². The maximum atomic E-state index is 12.8. The van der Waals surface area contributed by atoms with Gasteiger partial charge in [-0.1, -0.05) is 24.3 Å². The first kappa shape index (κ1) is 18.2. The van der Waals surface area contributed by atoms with E-state index in [1.807, 2.05) is 24.3 Å². The molecule has 3 nitrogen and oxygen atoms in total. The van der Waals surface area contributed by atoms with Crippen LogP contribution in [0.2, 0.25) is 0 Å². The minimum Gasteiger partial charge on any atom is -0.487 e. The molecule has 0 fully saturated rings. The van der Waals surface area contributed by atoms with E-state index in [1.54, 1.807) is 12.1 Å². The summed E-state index contributed by atoms with van der Waals surface area (Å²) in [6.07, 6.45) is -4.35. The summed E-state index contributed by atoms with van der Waals surface area (Å²) < 4.78 is 66.5. The van der Waals surface area contributed by atoms with Crippen LogP contribution in [0.15, 0.2) is 48.5 Å². The van der Waals surface area contributed by atoms with E-state index in [-0.39, 0.29) is 5.75 Å². The monoisotopic (exact) mass is 370 g/mol. The lowest BCUT2D eigenvalue weighted by Gasteiger charge is -2.19. The van der Waals surface area contributed by atoms with E-state index in [2.05, 4.69) is 14.7 Å². The normalized spacial score (nSPS) is 12.5. The first-order chi connectivity index (χ1) is 12.2. The summed E-state index contributed by atoms with van der Waals surface area (Å²) in [6.45, 7) is -1.74. The van der Waals surface area contributed by atoms with Crippen LogP contribution in [0.1, 0.15) is 11.4 Å². The predicted molar refractivity (Wildman–Crippen MR) is 86.4 cm³/mol. The Labute approximate surface area is 145 Å². The highest BCUT2D eigenvalue weighted by molar-refractivity contribution is 5.74. The highest BCUT2D eigenvalue weighted by atomic mass is 19.4. The zero-order chi connectivity index (χ0) is 18.8. The van der Waals surface area contributed by atoms with Crippen molar-refractivity contribution < 1.29 is 26.7 Å². The van der Waals surface area contributed by atoms with E-state index < -0.39 is 18.7 Å². The van der Waals surface area contributed by atoms with Gasteiger partial charge in [-0.25, -0.2) is 4.98 Å². The molecule has 0 aliphatic heterocycles. The molecule has 0 saturated carbocycles. The molecular formula is C18H15F5N2O. The van der Waals surface area contributed by atoms with Gasteiger partial charge < -0.3 is 9.72 Å². The van der Waals surface area contributed by atoms with Crippen LogP contribution in [0.4, 0.5) is 22.0 Å². The minimum absolute atomic E-state index is 0.0404. The van der Waals surface area contributed by atoms with E-state index in [0.717, 1.165) is 22.4 Å². The number of aromatic nitrogens is 2. The molecule has 0 spiro atoms. The summed E-state index contributed by atoms with van der Waals surface area (Å²) in [6, 6.07) is 13.6. The summed E-state index contributed by atoms with van der Waals surface area (Å²) in [4.78, 5) is 7.66. The smallest absolute Gasteiger partial charge is 0.456 e. The molecule has 138 valence electrons. The van der Waals surface area contributed by atoms with Crippen molar-refractivity contribution in [2.75, 3.05) is 6.61 Å². The summed E-state index contributed by atoms with van der Waals surface area (Å²) >= 11 is 0. The second-order valence-corrected chi connectivity index (χ2v) is 5.84. The molecule has 0 aliphatic carbocycles. The average Bonchev–Trinajstić information content (AvgIpc) is 3.01. The van der Waals surface area contributed by atoms with Crippen LogP contribution in [0.5, 0.6) is 5.75 Å². The van der Waals surface area contributed by atoms with Gasteiger partial charge in [0, 0.05) is 6.42 Å². The third kappa shape index (κ3) is 4.12. The van der Waals surface area contributed by atoms with Crippen molar-refractivity contribution in [3.63, 3.8) is 0 Å². The van der Waals surface area contributed by atoms with Crippen LogP contribution < -0.4 is 4.74 Å². The second kappa shape index (κ2) is 6.93. The van der Waals surface area contributed by atoms with Gasteiger partial charge in [0.1, 0.15) is 11.6 Å². The Bertz CT molecular complexity index is 838. The first-order valence-corrected chi connectivity index (χ1v) is 7.84. The molecule has 0 bridgehead atoms. The van der Waals surface area contributed by atoms with Gasteiger partial charge in [0.05, 0.1) is 11.0 Å². The molecule has 0 saturated heterocycles. The summed E-state index contributed by atoms with van der Waals surface area (Å²) in [7, 11) is 0. The lowest BCUT2D eigenvalue weighted by Crippen LogP contribution is -2.41. The number of nitrogens with one attached hydrogen (secondary N) is 1. The Morgan fingerprint density at radius 2 is 1.58 bits per heavy atom. The highest BCUT2D eigenvalue weighted by Gasteiger charge is 2.58. The van der Waals surface area contributed by atoms with Gasteiger partial charge in [-0.05, 0) is 36.2 Å². The maximum Gasteiger partial charge on any atom is 0.456 e.